The van der Waals surface area contributed by atoms with Gasteiger partial charge in [-0.05, 0) is 18.6 Å². The van der Waals surface area contributed by atoms with Crippen LogP contribution in [0.4, 0.5) is 0 Å². The van der Waals surface area contributed by atoms with Crippen molar-refractivity contribution in [2.24, 2.45) is 0 Å². The van der Waals surface area contributed by atoms with E-state index in [-0.39, 0.29) is 0 Å². The smallest absolute Gasteiger partial charge is 0.176 e. The Kier molecular flexibility index (Phi) is 2.10. The Hall–Kier alpha value is -1.23. The first-order valence-electron chi connectivity index (χ1n) is 4.23. The molecule has 0 aliphatic carbocycles. The highest BCUT2D eigenvalue weighted by atomic mass is 32.1. The van der Waals surface area contributed by atoms with Crippen LogP contribution in [-0.2, 0) is 6.42 Å². The lowest BCUT2D eigenvalue weighted by molar-refractivity contribution is 0.842. The van der Waals surface area contributed by atoms with Gasteiger partial charge in [0.2, 0.25) is 0 Å². The number of aromatic amines is 2. The summed E-state index contributed by atoms with van der Waals surface area (Å²) in [5.41, 5.74) is 1.66. The maximum Gasteiger partial charge on any atom is 0.176 e. The van der Waals surface area contributed by atoms with Gasteiger partial charge >= 0.3 is 0 Å². The molecular weight excluding hydrogens is 184 g/mol. The Balaban J connectivity index is 2.54. The van der Waals surface area contributed by atoms with Crippen LogP contribution in [-0.4, -0.2) is 19.9 Å². The van der Waals surface area contributed by atoms with Crippen LogP contribution in [0.5, 0.6) is 0 Å². The highest BCUT2D eigenvalue weighted by Gasteiger charge is 2.00. The minimum atomic E-state index is 0.595. The first kappa shape index (κ1) is 8.37. The summed E-state index contributed by atoms with van der Waals surface area (Å²) in [5, 5.41) is 0. The molecule has 0 saturated carbocycles. The number of rotatable bonds is 2. The molecule has 68 valence electrons. The van der Waals surface area contributed by atoms with Gasteiger partial charge in [-0.3, -0.25) is 0 Å². The topological polar surface area (TPSA) is 57.4 Å². The molecule has 0 unspecified atom stereocenters. The van der Waals surface area contributed by atoms with Crippen LogP contribution >= 0.6 is 12.2 Å². The number of aryl methyl sites for hydroxylation is 1. The third-order valence-corrected chi connectivity index (χ3v) is 2.00. The molecule has 5 heteroatoms. The molecule has 0 aliphatic rings. The predicted molar refractivity (Wildman–Crippen MR) is 53.1 cm³/mol. The van der Waals surface area contributed by atoms with Crippen LogP contribution in [0, 0.1) is 4.77 Å². The zero-order valence-corrected chi connectivity index (χ0v) is 8.11. The summed E-state index contributed by atoms with van der Waals surface area (Å²) in [7, 11) is 0. The maximum absolute atomic E-state index is 4.94. The second-order valence-electron chi connectivity index (χ2n) is 2.88. The van der Waals surface area contributed by atoms with Crippen molar-refractivity contribution >= 4 is 23.4 Å². The number of fused-ring (bicyclic) bond motifs is 1. The zero-order valence-electron chi connectivity index (χ0n) is 7.29. The number of nitrogens with one attached hydrogen (secondary N) is 2. The largest absolute Gasteiger partial charge is 0.328 e. The lowest BCUT2D eigenvalue weighted by Crippen LogP contribution is -1.93. The quantitative estimate of drug-likeness (QED) is 0.718. The first-order chi connectivity index (χ1) is 6.29. The molecule has 0 fully saturated rings. The summed E-state index contributed by atoms with van der Waals surface area (Å²) >= 11 is 4.94. The van der Waals surface area contributed by atoms with Crippen molar-refractivity contribution in [1.29, 1.82) is 0 Å². The highest BCUT2D eigenvalue weighted by Crippen LogP contribution is 2.06. The van der Waals surface area contributed by atoms with Gasteiger partial charge in [-0.2, -0.15) is 0 Å². The molecule has 2 rings (SSSR count). The molecule has 0 saturated heterocycles. The molecule has 2 heterocycles. The van der Waals surface area contributed by atoms with Gasteiger partial charge in [0.25, 0.3) is 0 Å². The monoisotopic (exact) mass is 194 g/mol. The summed E-state index contributed by atoms with van der Waals surface area (Å²) in [6.45, 7) is 2.10. The van der Waals surface area contributed by atoms with Crippen LogP contribution in [0.1, 0.15) is 19.2 Å². The van der Waals surface area contributed by atoms with Crippen molar-refractivity contribution < 1.29 is 0 Å². The van der Waals surface area contributed by atoms with Crippen LogP contribution in [0.3, 0.4) is 0 Å². The van der Waals surface area contributed by atoms with Gasteiger partial charge in [-0.25, -0.2) is 9.97 Å². The summed E-state index contributed by atoms with van der Waals surface area (Å²) in [6, 6.07) is 0. The molecule has 0 spiro atoms. The lowest BCUT2D eigenvalue weighted by atomic mass is 10.3. The summed E-state index contributed by atoms with van der Waals surface area (Å²) in [6.07, 6.45) is 3.72. The van der Waals surface area contributed by atoms with E-state index in [9.17, 15) is 0 Å². The first-order valence-corrected chi connectivity index (χ1v) is 4.64. The average molecular weight is 194 g/mol. The molecule has 2 aromatic heterocycles. The van der Waals surface area contributed by atoms with Crippen LogP contribution in [0.2, 0.25) is 0 Å². The fourth-order valence-electron chi connectivity index (χ4n) is 1.21. The molecule has 4 nitrogen and oxygen atoms in total. The number of hydrogen-bond donors (Lipinski definition) is 2. The van der Waals surface area contributed by atoms with Crippen molar-refractivity contribution in [2.45, 2.75) is 19.8 Å². The van der Waals surface area contributed by atoms with E-state index in [2.05, 4.69) is 26.9 Å². The van der Waals surface area contributed by atoms with Crippen molar-refractivity contribution in [1.82, 2.24) is 19.9 Å². The molecule has 2 aromatic rings. The Bertz CT molecular complexity index is 470. The third kappa shape index (κ3) is 1.60. The van der Waals surface area contributed by atoms with Gasteiger partial charge in [0.15, 0.2) is 10.4 Å². The number of aromatic nitrogens is 4. The minimum Gasteiger partial charge on any atom is -0.328 e. The number of nitrogens with zero attached hydrogens (tertiary/aromatic N) is 2. The average Bonchev–Trinajstić information content (AvgIpc) is 2.44. The van der Waals surface area contributed by atoms with Crippen molar-refractivity contribution in [3.05, 3.63) is 16.8 Å². The summed E-state index contributed by atoms with van der Waals surface area (Å²) in [5.74, 6) is 0.861. The number of hydrogen-bond acceptors (Lipinski definition) is 3. The zero-order chi connectivity index (χ0) is 9.26. The van der Waals surface area contributed by atoms with Gasteiger partial charge < -0.3 is 9.97 Å². The van der Waals surface area contributed by atoms with Gasteiger partial charge in [0, 0.05) is 6.42 Å². The minimum absolute atomic E-state index is 0.595. The normalized spacial score (nSPS) is 10.8. The summed E-state index contributed by atoms with van der Waals surface area (Å²) in [4.78, 5) is 14.4. The third-order valence-electron chi connectivity index (χ3n) is 1.79. The maximum atomic E-state index is 4.94. The van der Waals surface area contributed by atoms with Gasteiger partial charge in [-0.15, -0.1) is 0 Å². The van der Waals surface area contributed by atoms with E-state index in [0.29, 0.717) is 4.77 Å². The van der Waals surface area contributed by atoms with Crippen molar-refractivity contribution in [2.75, 3.05) is 0 Å². The molecule has 0 amide bonds. The van der Waals surface area contributed by atoms with E-state index in [1.165, 1.54) is 0 Å². The van der Waals surface area contributed by atoms with Gasteiger partial charge in [0.05, 0.1) is 6.20 Å². The second kappa shape index (κ2) is 3.26. The molecule has 0 bridgehead atoms. The van der Waals surface area contributed by atoms with E-state index in [0.717, 1.165) is 29.8 Å². The molecule has 0 atom stereocenters. The van der Waals surface area contributed by atoms with Crippen LogP contribution in [0.15, 0.2) is 6.20 Å². The molecule has 0 aromatic carbocycles. The fourth-order valence-corrected chi connectivity index (χ4v) is 1.42. The van der Waals surface area contributed by atoms with Crippen LogP contribution in [0.25, 0.3) is 11.2 Å². The SMILES string of the molecule is CCCc1ncc2[nH]c(=S)[nH]c2n1. The molecule has 0 radical (unpaired) electrons. The second-order valence-corrected chi connectivity index (χ2v) is 3.29. The summed E-state index contributed by atoms with van der Waals surface area (Å²) < 4.78 is 0.595. The molecule has 2 N–H and O–H groups in total. The van der Waals surface area contributed by atoms with Crippen LogP contribution < -0.4 is 0 Å². The Labute approximate surface area is 80.4 Å². The van der Waals surface area contributed by atoms with Gasteiger partial charge in [-0.1, -0.05) is 6.92 Å². The van der Waals surface area contributed by atoms with E-state index in [1.54, 1.807) is 6.20 Å². The highest BCUT2D eigenvalue weighted by molar-refractivity contribution is 7.71. The van der Waals surface area contributed by atoms with E-state index >= 15 is 0 Å². The van der Waals surface area contributed by atoms with Gasteiger partial charge in [0.1, 0.15) is 11.3 Å². The van der Waals surface area contributed by atoms with Crippen molar-refractivity contribution in [3.63, 3.8) is 0 Å². The predicted octanol–water partition coefficient (Wildman–Crippen LogP) is 1.97. The van der Waals surface area contributed by atoms with E-state index < -0.39 is 0 Å². The lowest BCUT2D eigenvalue weighted by Gasteiger charge is -1.94. The van der Waals surface area contributed by atoms with Crippen molar-refractivity contribution in [3.8, 4) is 0 Å². The Morgan fingerprint density at radius 3 is 3.08 bits per heavy atom. The fraction of sp³-hybridized carbons (Fsp3) is 0.375. The Morgan fingerprint density at radius 2 is 2.31 bits per heavy atom. The molecular formula is C8H10N4S. The van der Waals surface area contributed by atoms with E-state index in [1.807, 2.05) is 0 Å². The number of imidazole rings is 1. The number of H-pyrrole nitrogens is 2. The standard InChI is InChI=1S/C8H10N4S/c1-2-3-6-9-4-5-7(11-6)12-8(13)10-5/h4H,2-3H2,1H3,(H2,9,10,11,12,13). The molecule has 0 aliphatic heterocycles. The molecule has 13 heavy (non-hydrogen) atoms. The Morgan fingerprint density at radius 1 is 1.46 bits per heavy atom. The van der Waals surface area contributed by atoms with E-state index in [4.69, 9.17) is 12.2 Å².